The zero-order valence-corrected chi connectivity index (χ0v) is 5.19. The molecule has 0 saturated heterocycles. The van der Waals surface area contributed by atoms with Crippen LogP contribution in [0.2, 0.25) is 0 Å². The van der Waals surface area contributed by atoms with Gasteiger partial charge in [0.2, 0.25) is 0 Å². The molecule has 0 aromatic carbocycles. The Hall–Kier alpha value is 0.270. The Labute approximate surface area is 48.9 Å². The molecule has 0 heterocycles. The zero-order chi connectivity index (χ0) is 5.70. The summed E-state index contributed by atoms with van der Waals surface area (Å²) < 4.78 is 4.50. The van der Waals surface area contributed by atoms with Crippen LogP contribution in [0.4, 0.5) is 0 Å². The van der Waals surface area contributed by atoms with Crippen LogP contribution >= 0.6 is 12.6 Å². The summed E-state index contributed by atoms with van der Waals surface area (Å²) in [5.41, 5.74) is 0. The van der Waals surface area contributed by atoms with Crippen LogP contribution < -0.4 is 0 Å². The van der Waals surface area contributed by atoms with Gasteiger partial charge in [-0.25, -0.2) is 0 Å². The number of ether oxygens (including phenoxy) is 1. The Morgan fingerprint density at radius 1 is 1.86 bits per heavy atom. The van der Waals surface area contributed by atoms with Crippen molar-refractivity contribution in [2.75, 3.05) is 12.9 Å². The molecular weight excluding hydrogens is 112 g/mol. The molecule has 0 radical (unpaired) electrons. The van der Waals surface area contributed by atoms with E-state index in [1.54, 1.807) is 0 Å². The summed E-state index contributed by atoms with van der Waals surface area (Å²) in [5, 5.41) is 8.59. The maximum Gasteiger partial charge on any atom is 0.154 e. The first kappa shape index (κ1) is 7.27. The average molecular weight is 122 g/mol. The van der Waals surface area contributed by atoms with E-state index >= 15 is 0 Å². The number of rotatable bonds is 3. The maximum atomic E-state index is 8.59. The normalized spacial score (nSPS) is 14.1. The molecule has 0 spiro atoms. The summed E-state index contributed by atoms with van der Waals surface area (Å²) >= 11 is 3.87. The monoisotopic (exact) mass is 122 g/mol. The van der Waals surface area contributed by atoms with Gasteiger partial charge in [-0.3, -0.25) is 0 Å². The van der Waals surface area contributed by atoms with Gasteiger partial charge in [-0.15, -0.1) is 0 Å². The summed E-state index contributed by atoms with van der Waals surface area (Å²) in [6.07, 6.45) is -0.0305. The van der Waals surface area contributed by atoms with Crippen molar-refractivity contribution in [2.24, 2.45) is 0 Å². The Bertz CT molecular complexity index is 40.7. The van der Waals surface area contributed by atoms with Crippen LogP contribution in [0.5, 0.6) is 0 Å². The lowest BCUT2D eigenvalue weighted by Gasteiger charge is -2.03. The van der Waals surface area contributed by atoms with Gasteiger partial charge in [0.25, 0.3) is 0 Å². The van der Waals surface area contributed by atoms with Gasteiger partial charge < -0.3 is 9.84 Å². The fourth-order valence-electron chi connectivity index (χ4n) is 0.228. The molecule has 1 atom stereocenters. The van der Waals surface area contributed by atoms with E-state index in [1.165, 1.54) is 7.11 Å². The molecule has 0 aromatic rings. The zero-order valence-electron chi connectivity index (χ0n) is 4.29. The number of hydrogen-bond acceptors (Lipinski definition) is 3. The highest BCUT2D eigenvalue weighted by Gasteiger charge is 1.95. The smallest absolute Gasteiger partial charge is 0.154 e. The molecule has 2 nitrogen and oxygen atoms in total. The van der Waals surface area contributed by atoms with Gasteiger partial charge in [0.1, 0.15) is 0 Å². The summed E-state index contributed by atoms with van der Waals surface area (Å²) in [6.45, 7) is 0. The summed E-state index contributed by atoms with van der Waals surface area (Å²) in [7, 11) is 1.47. The number of methoxy groups -OCH3 is 1. The van der Waals surface area contributed by atoms with Crippen LogP contribution in [0.3, 0.4) is 0 Å². The van der Waals surface area contributed by atoms with Gasteiger partial charge in [0, 0.05) is 13.5 Å². The minimum atomic E-state index is -0.627. The SMILES string of the molecule is CO[C@H](O)CCS. The maximum absolute atomic E-state index is 8.59. The van der Waals surface area contributed by atoms with Crippen molar-refractivity contribution in [3.05, 3.63) is 0 Å². The number of aliphatic hydroxyl groups is 1. The molecule has 0 aromatic heterocycles. The molecule has 0 bridgehead atoms. The van der Waals surface area contributed by atoms with E-state index in [9.17, 15) is 0 Å². The largest absolute Gasteiger partial charge is 0.368 e. The summed E-state index contributed by atoms with van der Waals surface area (Å²) in [5.74, 6) is 0.662. The van der Waals surface area contributed by atoms with Crippen molar-refractivity contribution in [2.45, 2.75) is 12.7 Å². The van der Waals surface area contributed by atoms with Gasteiger partial charge >= 0.3 is 0 Å². The fraction of sp³-hybridized carbons (Fsp3) is 1.00. The average Bonchev–Trinajstić information content (AvgIpc) is 1.68. The number of thiol groups is 1. The second kappa shape index (κ2) is 4.43. The van der Waals surface area contributed by atoms with Gasteiger partial charge in [-0.2, -0.15) is 12.6 Å². The van der Waals surface area contributed by atoms with Gasteiger partial charge in [-0.1, -0.05) is 0 Å². The second-order valence-electron chi connectivity index (χ2n) is 1.20. The predicted molar refractivity (Wildman–Crippen MR) is 31.5 cm³/mol. The first-order valence-corrected chi connectivity index (χ1v) is 2.76. The standard InChI is InChI=1S/C4H10O2S/c1-6-4(5)2-3-7/h4-5,7H,2-3H2,1H3/t4-/m0/s1. The van der Waals surface area contributed by atoms with Crippen LogP contribution in [-0.4, -0.2) is 24.3 Å². The lowest BCUT2D eigenvalue weighted by Crippen LogP contribution is -2.08. The minimum Gasteiger partial charge on any atom is -0.368 e. The fourth-order valence-corrected chi connectivity index (χ4v) is 0.449. The van der Waals surface area contributed by atoms with E-state index in [-0.39, 0.29) is 0 Å². The minimum absolute atomic E-state index is 0.597. The molecule has 0 amide bonds. The third kappa shape index (κ3) is 4.12. The molecule has 0 aliphatic rings. The van der Waals surface area contributed by atoms with Crippen molar-refractivity contribution >= 4 is 12.6 Å². The first-order chi connectivity index (χ1) is 3.31. The highest BCUT2D eigenvalue weighted by atomic mass is 32.1. The van der Waals surface area contributed by atoms with Crippen LogP contribution in [-0.2, 0) is 4.74 Å². The molecule has 44 valence electrons. The molecular formula is C4H10O2S. The molecule has 0 rings (SSSR count). The van der Waals surface area contributed by atoms with Crippen LogP contribution in [0.1, 0.15) is 6.42 Å². The van der Waals surface area contributed by atoms with Gasteiger partial charge in [-0.05, 0) is 5.75 Å². The quantitative estimate of drug-likeness (QED) is 0.415. The Morgan fingerprint density at radius 2 is 2.43 bits per heavy atom. The van der Waals surface area contributed by atoms with Crippen LogP contribution in [0.15, 0.2) is 0 Å². The molecule has 0 aliphatic carbocycles. The van der Waals surface area contributed by atoms with E-state index < -0.39 is 6.29 Å². The van der Waals surface area contributed by atoms with Crippen molar-refractivity contribution in [1.82, 2.24) is 0 Å². The molecule has 1 N–H and O–H groups in total. The number of hydrogen-bond donors (Lipinski definition) is 2. The first-order valence-electron chi connectivity index (χ1n) is 2.13. The van der Waals surface area contributed by atoms with Crippen molar-refractivity contribution in [1.29, 1.82) is 0 Å². The van der Waals surface area contributed by atoms with E-state index in [1.807, 2.05) is 0 Å². The predicted octanol–water partition coefficient (Wildman–Crippen LogP) is 0.271. The molecule has 0 unspecified atom stereocenters. The van der Waals surface area contributed by atoms with E-state index in [0.29, 0.717) is 12.2 Å². The number of aliphatic hydroxyl groups excluding tert-OH is 1. The van der Waals surface area contributed by atoms with E-state index in [4.69, 9.17) is 5.11 Å². The third-order valence-corrected chi connectivity index (χ3v) is 0.906. The lowest BCUT2D eigenvalue weighted by molar-refractivity contribution is -0.0739. The molecule has 7 heavy (non-hydrogen) atoms. The van der Waals surface area contributed by atoms with Gasteiger partial charge in [0.05, 0.1) is 0 Å². The van der Waals surface area contributed by atoms with E-state index in [0.717, 1.165) is 0 Å². The van der Waals surface area contributed by atoms with Gasteiger partial charge in [0.15, 0.2) is 6.29 Å². The summed E-state index contributed by atoms with van der Waals surface area (Å²) in [4.78, 5) is 0. The lowest BCUT2D eigenvalue weighted by atomic mass is 10.5. The molecule has 0 aliphatic heterocycles. The Balaban J connectivity index is 2.83. The Kier molecular flexibility index (Phi) is 4.60. The van der Waals surface area contributed by atoms with E-state index in [2.05, 4.69) is 17.4 Å². The highest BCUT2D eigenvalue weighted by Crippen LogP contribution is 1.91. The van der Waals surface area contributed by atoms with Crippen molar-refractivity contribution in [3.8, 4) is 0 Å². The topological polar surface area (TPSA) is 29.5 Å². The summed E-state index contributed by atoms with van der Waals surface area (Å²) in [6, 6.07) is 0. The van der Waals surface area contributed by atoms with Crippen molar-refractivity contribution in [3.63, 3.8) is 0 Å². The Morgan fingerprint density at radius 3 is 2.57 bits per heavy atom. The third-order valence-electron chi connectivity index (χ3n) is 0.648. The molecule has 0 fully saturated rings. The van der Waals surface area contributed by atoms with Crippen LogP contribution in [0.25, 0.3) is 0 Å². The van der Waals surface area contributed by atoms with Crippen molar-refractivity contribution < 1.29 is 9.84 Å². The van der Waals surface area contributed by atoms with Crippen LogP contribution in [0, 0.1) is 0 Å². The second-order valence-corrected chi connectivity index (χ2v) is 1.65. The highest BCUT2D eigenvalue weighted by molar-refractivity contribution is 7.80. The molecule has 3 heteroatoms. The molecule has 0 saturated carbocycles.